The highest BCUT2D eigenvalue weighted by molar-refractivity contribution is 9.10. The number of halogens is 1. The van der Waals surface area contributed by atoms with Crippen molar-refractivity contribution in [1.29, 1.82) is 0 Å². The van der Waals surface area contributed by atoms with E-state index in [0.29, 0.717) is 6.04 Å². The lowest BCUT2D eigenvalue weighted by Gasteiger charge is -2.20. The van der Waals surface area contributed by atoms with Crippen molar-refractivity contribution in [1.82, 2.24) is 10.2 Å². The molecule has 1 atom stereocenters. The van der Waals surface area contributed by atoms with Crippen molar-refractivity contribution in [2.45, 2.75) is 50.9 Å². The Morgan fingerprint density at radius 2 is 2.00 bits per heavy atom. The first kappa shape index (κ1) is 15.9. The van der Waals surface area contributed by atoms with Crippen LogP contribution in [0.3, 0.4) is 0 Å². The molecular weight excluding hydrogens is 268 g/mol. The lowest BCUT2D eigenvalue weighted by Crippen LogP contribution is -2.32. The molecule has 0 aromatic heterocycles. The molecular formula is C12H25BrN2O. The van der Waals surface area contributed by atoms with Crippen molar-refractivity contribution in [3.05, 3.63) is 0 Å². The SMILES string of the molecule is CCC(Br)C(=O)NCCCCN(C)C(C)C. The molecule has 0 heterocycles. The quantitative estimate of drug-likeness (QED) is 0.550. The van der Waals surface area contributed by atoms with Crippen molar-refractivity contribution in [2.75, 3.05) is 20.1 Å². The van der Waals surface area contributed by atoms with E-state index in [-0.39, 0.29) is 10.7 Å². The van der Waals surface area contributed by atoms with E-state index in [1.807, 2.05) is 6.92 Å². The smallest absolute Gasteiger partial charge is 0.233 e. The fourth-order valence-electron chi connectivity index (χ4n) is 1.25. The monoisotopic (exact) mass is 292 g/mol. The minimum Gasteiger partial charge on any atom is -0.355 e. The number of carbonyl (C=O) groups is 1. The molecule has 0 radical (unpaired) electrons. The van der Waals surface area contributed by atoms with Crippen LogP contribution in [0.2, 0.25) is 0 Å². The Hall–Kier alpha value is -0.0900. The Morgan fingerprint density at radius 1 is 1.38 bits per heavy atom. The van der Waals surface area contributed by atoms with Gasteiger partial charge in [-0.25, -0.2) is 0 Å². The van der Waals surface area contributed by atoms with Gasteiger partial charge < -0.3 is 10.2 Å². The van der Waals surface area contributed by atoms with Gasteiger partial charge in [-0.15, -0.1) is 0 Å². The first-order chi connectivity index (χ1) is 7.49. The molecule has 0 aliphatic carbocycles. The summed E-state index contributed by atoms with van der Waals surface area (Å²) in [5.74, 6) is 0.111. The number of nitrogens with one attached hydrogen (secondary N) is 1. The molecule has 0 spiro atoms. The molecule has 1 amide bonds. The maximum atomic E-state index is 11.4. The maximum Gasteiger partial charge on any atom is 0.233 e. The molecule has 3 nitrogen and oxygen atoms in total. The molecule has 96 valence electrons. The summed E-state index contributed by atoms with van der Waals surface area (Å²) >= 11 is 3.33. The topological polar surface area (TPSA) is 32.3 Å². The minimum atomic E-state index is -0.0363. The zero-order chi connectivity index (χ0) is 12.6. The highest BCUT2D eigenvalue weighted by Crippen LogP contribution is 2.03. The fourth-order valence-corrected chi connectivity index (χ4v) is 1.41. The summed E-state index contributed by atoms with van der Waals surface area (Å²) < 4.78 is 0. The molecule has 0 aromatic rings. The van der Waals surface area contributed by atoms with E-state index in [4.69, 9.17) is 0 Å². The molecule has 4 heteroatoms. The van der Waals surface area contributed by atoms with Crippen LogP contribution in [-0.4, -0.2) is 41.8 Å². The second-order valence-corrected chi connectivity index (χ2v) is 5.55. The van der Waals surface area contributed by atoms with E-state index in [9.17, 15) is 4.79 Å². The highest BCUT2D eigenvalue weighted by atomic mass is 79.9. The van der Waals surface area contributed by atoms with E-state index >= 15 is 0 Å². The van der Waals surface area contributed by atoms with Gasteiger partial charge in [0.2, 0.25) is 5.91 Å². The molecule has 0 aromatic carbocycles. The third-order valence-electron chi connectivity index (χ3n) is 2.76. The molecule has 0 rings (SSSR count). The van der Waals surface area contributed by atoms with E-state index in [1.165, 1.54) is 0 Å². The highest BCUT2D eigenvalue weighted by Gasteiger charge is 2.10. The average Bonchev–Trinajstić information content (AvgIpc) is 2.26. The predicted octanol–water partition coefficient (Wildman–Crippen LogP) is 2.40. The number of rotatable bonds is 8. The second-order valence-electron chi connectivity index (χ2n) is 4.45. The first-order valence-electron chi connectivity index (χ1n) is 6.11. The van der Waals surface area contributed by atoms with Crippen LogP contribution in [0.5, 0.6) is 0 Å². The number of alkyl halides is 1. The number of nitrogens with zero attached hydrogens (tertiary/aromatic N) is 1. The van der Waals surface area contributed by atoms with Crippen LogP contribution >= 0.6 is 15.9 Å². The van der Waals surface area contributed by atoms with Gasteiger partial charge in [0.1, 0.15) is 0 Å². The number of hydrogen-bond acceptors (Lipinski definition) is 2. The Balaban J connectivity index is 3.44. The second kappa shape index (κ2) is 8.99. The zero-order valence-corrected chi connectivity index (χ0v) is 12.5. The van der Waals surface area contributed by atoms with Crippen LogP contribution in [-0.2, 0) is 4.79 Å². The van der Waals surface area contributed by atoms with Crippen LogP contribution in [0.4, 0.5) is 0 Å². The lowest BCUT2D eigenvalue weighted by atomic mass is 10.2. The Kier molecular flexibility index (Phi) is 8.94. The van der Waals surface area contributed by atoms with Crippen LogP contribution in [0, 0.1) is 0 Å². The molecule has 0 bridgehead atoms. The average molecular weight is 293 g/mol. The van der Waals surface area contributed by atoms with Crippen molar-refractivity contribution in [3.63, 3.8) is 0 Å². The number of carbonyl (C=O) groups excluding carboxylic acids is 1. The molecule has 0 saturated carbocycles. The summed E-state index contributed by atoms with van der Waals surface area (Å²) in [5.41, 5.74) is 0. The van der Waals surface area contributed by atoms with Crippen molar-refractivity contribution in [2.24, 2.45) is 0 Å². The van der Waals surface area contributed by atoms with Crippen molar-refractivity contribution < 1.29 is 4.79 Å². The molecule has 1 unspecified atom stereocenters. The third-order valence-corrected chi connectivity index (χ3v) is 3.82. The summed E-state index contributed by atoms with van der Waals surface area (Å²) in [6.45, 7) is 8.26. The van der Waals surface area contributed by atoms with Crippen LogP contribution in [0.15, 0.2) is 0 Å². The van der Waals surface area contributed by atoms with Gasteiger partial charge in [0.15, 0.2) is 0 Å². The number of amides is 1. The largest absolute Gasteiger partial charge is 0.355 e. The standard InChI is InChI=1S/C12H25BrN2O/c1-5-11(13)12(16)14-8-6-7-9-15(4)10(2)3/h10-11H,5-9H2,1-4H3,(H,14,16). The minimum absolute atomic E-state index is 0.0363. The van der Waals surface area contributed by atoms with E-state index in [2.05, 4.69) is 47.0 Å². The van der Waals surface area contributed by atoms with Gasteiger partial charge in [-0.05, 0) is 46.7 Å². The third kappa shape index (κ3) is 7.23. The molecule has 16 heavy (non-hydrogen) atoms. The Labute approximate surface area is 108 Å². The normalized spacial score (nSPS) is 13.2. The zero-order valence-electron chi connectivity index (χ0n) is 10.9. The van der Waals surface area contributed by atoms with Gasteiger partial charge in [0.25, 0.3) is 0 Å². The van der Waals surface area contributed by atoms with Gasteiger partial charge in [0.05, 0.1) is 4.83 Å². The predicted molar refractivity (Wildman–Crippen MR) is 73.0 cm³/mol. The van der Waals surface area contributed by atoms with Gasteiger partial charge in [0, 0.05) is 12.6 Å². The number of unbranched alkanes of at least 4 members (excludes halogenated alkanes) is 1. The van der Waals surface area contributed by atoms with E-state index in [1.54, 1.807) is 0 Å². The molecule has 0 saturated heterocycles. The summed E-state index contributed by atoms with van der Waals surface area (Å²) in [6.07, 6.45) is 3.02. The van der Waals surface area contributed by atoms with Gasteiger partial charge in [-0.3, -0.25) is 4.79 Å². The summed E-state index contributed by atoms with van der Waals surface area (Å²) in [7, 11) is 2.13. The van der Waals surface area contributed by atoms with Gasteiger partial charge >= 0.3 is 0 Å². The summed E-state index contributed by atoms with van der Waals surface area (Å²) in [4.78, 5) is 13.7. The summed E-state index contributed by atoms with van der Waals surface area (Å²) in [6, 6.07) is 0.599. The molecule has 1 N–H and O–H groups in total. The van der Waals surface area contributed by atoms with E-state index < -0.39 is 0 Å². The number of hydrogen-bond donors (Lipinski definition) is 1. The molecule has 0 aliphatic rings. The van der Waals surface area contributed by atoms with E-state index in [0.717, 1.165) is 32.4 Å². The van der Waals surface area contributed by atoms with Crippen LogP contribution in [0.1, 0.15) is 40.0 Å². The fraction of sp³-hybridized carbons (Fsp3) is 0.917. The van der Waals surface area contributed by atoms with Crippen molar-refractivity contribution >= 4 is 21.8 Å². The Morgan fingerprint density at radius 3 is 2.50 bits per heavy atom. The summed E-state index contributed by atoms with van der Waals surface area (Å²) in [5, 5.41) is 2.93. The van der Waals surface area contributed by atoms with Gasteiger partial charge in [-0.2, -0.15) is 0 Å². The molecule has 0 aliphatic heterocycles. The maximum absolute atomic E-state index is 11.4. The van der Waals surface area contributed by atoms with Crippen LogP contribution < -0.4 is 5.32 Å². The van der Waals surface area contributed by atoms with Gasteiger partial charge in [-0.1, -0.05) is 22.9 Å². The molecule has 0 fully saturated rings. The first-order valence-corrected chi connectivity index (χ1v) is 7.02. The lowest BCUT2D eigenvalue weighted by molar-refractivity contribution is -0.120. The Bertz CT molecular complexity index is 197. The van der Waals surface area contributed by atoms with Crippen molar-refractivity contribution in [3.8, 4) is 0 Å². The van der Waals surface area contributed by atoms with Crippen LogP contribution in [0.25, 0.3) is 0 Å².